The number of thioether (sulfide) groups is 1. The number of hydrogen-bond acceptors (Lipinski definition) is 6. The number of imide groups is 1. The lowest BCUT2D eigenvalue weighted by Crippen LogP contribution is -2.34. The topological polar surface area (TPSA) is 67.9 Å². The molecule has 1 aliphatic rings. The summed E-state index contributed by atoms with van der Waals surface area (Å²) in [6, 6.07) is 12.1. The fourth-order valence-corrected chi connectivity index (χ4v) is 3.28. The van der Waals surface area contributed by atoms with Gasteiger partial charge in [-0.15, -0.1) is 11.8 Å². The lowest BCUT2D eigenvalue weighted by molar-refractivity contribution is -0.121. The second-order valence-corrected chi connectivity index (χ2v) is 6.62. The molecule has 7 heteroatoms. The van der Waals surface area contributed by atoms with Gasteiger partial charge in [-0.25, -0.2) is 4.90 Å². The molecule has 2 aromatic carbocycles. The molecular formula is C19H20N2O4S. The maximum atomic E-state index is 12.8. The fourth-order valence-electron chi connectivity index (χ4n) is 2.87. The summed E-state index contributed by atoms with van der Waals surface area (Å²) in [6.45, 7) is 0. The van der Waals surface area contributed by atoms with Crippen molar-refractivity contribution < 1.29 is 19.1 Å². The van der Waals surface area contributed by atoms with Crippen molar-refractivity contribution >= 4 is 35.0 Å². The lowest BCUT2D eigenvalue weighted by Gasteiger charge is -2.18. The Morgan fingerprint density at radius 2 is 1.73 bits per heavy atom. The van der Waals surface area contributed by atoms with E-state index in [0.717, 1.165) is 10.6 Å². The first kappa shape index (κ1) is 18.1. The maximum Gasteiger partial charge on any atom is 0.256 e. The van der Waals surface area contributed by atoms with Gasteiger partial charge in [-0.1, -0.05) is 0 Å². The van der Waals surface area contributed by atoms with Crippen molar-refractivity contribution in [2.75, 3.05) is 30.7 Å². The molecule has 26 heavy (non-hydrogen) atoms. The highest BCUT2D eigenvalue weighted by molar-refractivity contribution is 7.98. The summed E-state index contributed by atoms with van der Waals surface area (Å²) in [5.41, 5.74) is 1.28. The number of methoxy groups -OCH3 is 2. The molecule has 1 fully saturated rings. The van der Waals surface area contributed by atoms with Gasteiger partial charge in [-0.05, 0) is 42.7 Å². The number of hydrogen-bond donors (Lipinski definition) is 1. The first-order chi connectivity index (χ1) is 12.6. The Hall–Kier alpha value is -2.67. The zero-order valence-corrected chi connectivity index (χ0v) is 15.6. The van der Waals surface area contributed by atoms with Crippen LogP contribution in [-0.2, 0) is 9.59 Å². The van der Waals surface area contributed by atoms with Gasteiger partial charge in [0.2, 0.25) is 5.91 Å². The van der Waals surface area contributed by atoms with Crippen molar-refractivity contribution in [3.63, 3.8) is 0 Å². The molecule has 1 aliphatic heterocycles. The molecule has 6 nitrogen and oxygen atoms in total. The second kappa shape index (κ2) is 7.70. The van der Waals surface area contributed by atoms with Gasteiger partial charge in [-0.3, -0.25) is 9.59 Å². The van der Waals surface area contributed by atoms with Crippen LogP contribution < -0.4 is 19.7 Å². The molecule has 1 heterocycles. The van der Waals surface area contributed by atoms with Gasteiger partial charge in [0.1, 0.15) is 6.04 Å². The largest absolute Gasteiger partial charge is 0.493 e. The zero-order chi connectivity index (χ0) is 18.7. The lowest BCUT2D eigenvalue weighted by atomic mass is 10.2. The normalized spacial score (nSPS) is 16.7. The van der Waals surface area contributed by atoms with Gasteiger partial charge < -0.3 is 14.8 Å². The molecule has 2 aromatic rings. The molecule has 0 saturated carbocycles. The van der Waals surface area contributed by atoms with Crippen LogP contribution in [0.5, 0.6) is 11.5 Å². The first-order valence-electron chi connectivity index (χ1n) is 8.06. The number of benzene rings is 2. The second-order valence-electron chi connectivity index (χ2n) is 5.74. The average molecular weight is 372 g/mol. The van der Waals surface area contributed by atoms with Crippen molar-refractivity contribution in [1.29, 1.82) is 0 Å². The van der Waals surface area contributed by atoms with Crippen LogP contribution in [0.15, 0.2) is 47.4 Å². The zero-order valence-electron chi connectivity index (χ0n) is 14.8. The number of nitrogens with one attached hydrogen (secondary N) is 1. The van der Waals surface area contributed by atoms with Gasteiger partial charge in [0.05, 0.1) is 26.3 Å². The fraction of sp³-hybridized carbons (Fsp3) is 0.263. The van der Waals surface area contributed by atoms with Crippen LogP contribution in [0.1, 0.15) is 6.42 Å². The Bertz CT molecular complexity index is 823. The van der Waals surface area contributed by atoms with E-state index in [1.807, 2.05) is 30.5 Å². The Morgan fingerprint density at radius 3 is 2.35 bits per heavy atom. The minimum atomic E-state index is -0.587. The van der Waals surface area contributed by atoms with Crippen molar-refractivity contribution in [2.45, 2.75) is 17.4 Å². The Morgan fingerprint density at radius 1 is 1.04 bits per heavy atom. The predicted molar refractivity (Wildman–Crippen MR) is 102 cm³/mol. The van der Waals surface area contributed by atoms with Gasteiger partial charge in [0, 0.05) is 16.6 Å². The van der Waals surface area contributed by atoms with E-state index < -0.39 is 6.04 Å². The highest BCUT2D eigenvalue weighted by atomic mass is 32.2. The summed E-state index contributed by atoms with van der Waals surface area (Å²) >= 11 is 1.65. The first-order valence-corrected chi connectivity index (χ1v) is 9.29. The third-order valence-corrected chi connectivity index (χ3v) is 4.95. The molecule has 0 aliphatic carbocycles. The van der Waals surface area contributed by atoms with Gasteiger partial charge in [0.15, 0.2) is 11.5 Å². The van der Waals surface area contributed by atoms with Crippen LogP contribution in [0.25, 0.3) is 0 Å². The maximum absolute atomic E-state index is 12.8. The molecule has 0 spiro atoms. The van der Waals surface area contributed by atoms with E-state index in [2.05, 4.69) is 5.32 Å². The van der Waals surface area contributed by atoms with Crippen LogP contribution in [0, 0.1) is 0 Å². The Balaban J connectivity index is 1.80. The number of amides is 2. The average Bonchev–Trinajstić information content (AvgIpc) is 2.95. The number of rotatable bonds is 6. The van der Waals surface area contributed by atoms with E-state index in [-0.39, 0.29) is 18.2 Å². The van der Waals surface area contributed by atoms with Gasteiger partial charge in [0.25, 0.3) is 5.91 Å². The number of nitrogens with zero attached hydrogens (tertiary/aromatic N) is 1. The third kappa shape index (κ3) is 3.48. The third-order valence-electron chi connectivity index (χ3n) is 4.20. The standard InChI is InChI=1S/C19H20N2O4S/c1-24-16-9-6-13(10-17(16)25-2)21-18(22)11-15(19(21)23)20-12-4-7-14(26-3)8-5-12/h4-10,15,20H,11H2,1-3H3/t15-/m0/s1. The molecule has 0 unspecified atom stereocenters. The number of anilines is 2. The molecule has 3 rings (SSSR count). The van der Waals surface area contributed by atoms with E-state index in [1.165, 1.54) is 19.1 Å². The molecule has 2 amide bonds. The van der Waals surface area contributed by atoms with E-state index in [1.54, 1.807) is 30.0 Å². The van der Waals surface area contributed by atoms with E-state index in [4.69, 9.17) is 9.47 Å². The van der Waals surface area contributed by atoms with Crippen LogP contribution in [0.4, 0.5) is 11.4 Å². The highest BCUT2D eigenvalue weighted by Gasteiger charge is 2.39. The summed E-state index contributed by atoms with van der Waals surface area (Å²) in [5.74, 6) is 0.477. The van der Waals surface area contributed by atoms with Gasteiger partial charge >= 0.3 is 0 Å². The Kier molecular flexibility index (Phi) is 5.37. The smallest absolute Gasteiger partial charge is 0.256 e. The molecule has 0 bridgehead atoms. The summed E-state index contributed by atoms with van der Waals surface area (Å²) in [6.07, 6.45) is 2.11. The summed E-state index contributed by atoms with van der Waals surface area (Å²) in [7, 11) is 3.05. The molecule has 0 radical (unpaired) electrons. The van der Waals surface area contributed by atoms with Crippen LogP contribution in [0.2, 0.25) is 0 Å². The number of ether oxygens (including phenoxy) is 2. The Labute approximate surface area is 156 Å². The molecule has 1 atom stereocenters. The van der Waals surface area contributed by atoms with Gasteiger partial charge in [-0.2, -0.15) is 0 Å². The summed E-state index contributed by atoms with van der Waals surface area (Å²) in [5, 5.41) is 3.15. The molecule has 1 N–H and O–H groups in total. The van der Waals surface area contributed by atoms with Crippen LogP contribution in [-0.4, -0.2) is 38.3 Å². The summed E-state index contributed by atoms with van der Waals surface area (Å²) < 4.78 is 10.5. The minimum absolute atomic E-state index is 0.109. The van der Waals surface area contributed by atoms with Crippen molar-refractivity contribution in [3.8, 4) is 11.5 Å². The molecule has 1 saturated heterocycles. The van der Waals surface area contributed by atoms with Crippen molar-refractivity contribution in [2.24, 2.45) is 0 Å². The molecule has 0 aromatic heterocycles. The van der Waals surface area contributed by atoms with E-state index in [0.29, 0.717) is 17.2 Å². The van der Waals surface area contributed by atoms with E-state index in [9.17, 15) is 9.59 Å². The SMILES string of the molecule is COc1ccc(N2C(=O)C[C@H](Nc3ccc(SC)cc3)C2=O)cc1OC. The minimum Gasteiger partial charge on any atom is -0.493 e. The summed E-state index contributed by atoms with van der Waals surface area (Å²) in [4.78, 5) is 27.5. The van der Waals surface area contributed by atoms with Crippen molar-refractivity contribution in [1.82, 2.24) is 0 Å². The highest BCUT2D eigenvalue weighted by Crippen LogP contribution is 2.34. The van der Waals surface area contributed by atoms with E-state index >= 15 is 0 Å². The van der Waals surface area contributed by atoms with Crippen LogP contribution >= 0.6 is 11.8 Å². The number of carbonyl (C=O) groups is 2. The molecular weight excluding hydrogens is 352 g/mol. The number of carbonyl (C=O) groups excluding carboxylic acids is 2. The predicted octanol–water partition coefficient (Wildman–Crippen LogP) is 3.17. The van der Waals surface area contributed by atoms with Crippen LogP contribution in [0.3, 0.4) is 0 Å². The monoisotopic (exact) mass is 372 g/mol. The molecule has 136 valence electrons. The van der Waals surface area contributed by atoms with Crippen molar-refractivity contribution in [3.05, 3.63) is 42.5 Å². The quantitative estimate of drug-likeness (QED) is 0.621.